The van der Waals surface area contributed by atoms with Crippen LogP contribution in [0.25, 0.3) is 0 Å². The normalized spacial score (nSPS) is 21.7. The van der Waals surface area contributed by atoms with Crippen molar-refractivity contribution in [1.29, 1.82) is 0 Å². The third-order valence-corrected chi connectivity index (χ3v) is 9.23. The summed E-state index contributed by atoms with van der Waals surface area (Å²) in [5, 5.41) is 16.0. The molecule has 2 aromatic heterocycles. The number of hydrogen-bond acceptors (Lipinski definition) is 7. The van der Waals surface area contributed by atoms with Crippen molar-refractivity contribution in [2.75, 3.05) is 18.5 Å². The molecule has 6 rings (SSSR count). The van der Waals surface area contributed by atoms with Crippen molar-refractivity contribution in [3.8, 4) is 5.88 Å². The van der Waals surface area contributed by atoms with Crippen LogP contribution in [0.5, 0.6) is 5.88 Å². The third-order valence-electron chi connectivity index (χ3n) is 7.88. The molecule has 1 saturated carbocycles. The Labute approximate surface area is 227 Å². The second-order valence-corrected chi connectivity index (χ2v) is 13.8. The van der Waals surface area contributed by atoms with Crippen LogP contribution in [-0.4, -0.2) is 49.9 Å². The van der Waals surface area contributed by atoms with Crippen molar-refractivity contribution in [2.24, 2.45) is 15.4 Å². The highest BCUT2D eigenvalue weighted by Gasteiger charge is 2.51. The zero-order valence-electron chi connectivity index (χ0n) is 22.5. The van der Waals surface area contributed by atoms with Crippen LogP contribution in [0.2, 0.25) is 0 Å². The molecule has 0 bridgehead atoms. The van der Waals surface area contributed by atoms with Crippen molar-refractivity contribution in [3.63, 3.8) is 0 Å². The van der Waals surface area contributed by atoms with Crippen LogP contribution in [0.4, 0.5) is 15.3 Å². The first kappa shape index (κ1) is 26.1. The molecule has 0 saturated heterocycles. The number of nitrogens with zero attached hydrogens (tertiary/aromatic N) is 4. The maximum absolute atomic E-state index is 13.5. The van der Waals surface area contributed by atoms with Crippen LogP contribution >= 0.6 is 0 Å². The third kappa shape index (κ3) is 4.97. The lowest BCUT2D eigenvalue weighted by atomic mass is 10.0. The molecule has 0 aromatic carbocycles. The first-order valence-electron chi connectivity index (χ1n) is 13.5. The zero-order valence-corrected chi connectivity index (χ0v) is 23.4. The van der Waals surface area contributed by atoms with Gasteiger partial charge in [-0.25, -0.2) is 23.6 Å². The van der Waals surface area contributed by atoms with Crippen LogP contribution in [-0.2, 0) is 45.9 Å². The van der Waals surface area contributed by atoms with Crippen LogP contribution in [0, 0.1) is 5.92 Å². The highest BCUT2D eigenvalue weighted by atomic mass is 32.2. The van der Waals surface area contributed by atoms with Crippen LogP contribution in [0.15, 0.2) is 15.5 Å². The Morgan fingerprint density at radius 3 is 2.79 bits per heavy atom. The number of ether oxygens (including phenoxy) is 2. The topological polar surface area (TPSA) is 163 Å². The Hall–Kier alpha value is -3.19. The standard InChI is InChI=1S/C26H35N7O5S/c1-25(2,3)38-24(35)28-11-15-13-33-22(37-14-15)19(12-29-33)39(27,36)32-23(34)31-20-16-5-4-6-18(16)30-21-17(20)7-8-26(21)9-10-26/h12,15H,4-11,13-14H2,1-3H3,(H,28,35)(H3,27,30,31,32,34,36). The number of anilines is 1. The Balaban J connectivity index is 1.17. The smallest absolute Gasteiger partial charge is 0.407 e. The van der Waals surface area contributed by atoms with Crippen molar-refractivity contribution < 1.29 is 23.3 Å². The molecule has 4 N–H and O–H groups in total. The molecule has 1 fully saturated rings. The number of amides is 3. The first-order valence-corrected chi connectivity index (χ1v) is 15.1. The Kier molecular flexibility index (Phi) is 6.14. The second-order valence-electron chi connectivity index (χ2n) is 12.0. The van der Waals surface area contributed by atoms with Gasteiger partial charge in [-0.3, -0.25) is 4.98 Å². The Morgan fingerprint density at radius 2 is 2.05 bits per heavy atom. The van der Waals surface area contributed by atoms with Crippen molar-refractivity contribution in [2.45, 2.75) is 88.2 Å². The molecule has 4 aliphatic rings. The molecule has 1 aliphatic heterocycles. The molecule has 3 amide bonds. The molecular formula is C26H35N7O5S. The number of nitrogens with two attached hydrogens (primary N) is 1. The molecule has 2 aromatic rings. The number of hydrogen-bond donors (Lipinski definition) is 3. The van der Waals surface area contributed by atoms with E-state index in [9.17, 15) is 13.8 Å². The van der Waals surface area contributed by atoms with Crippen LogP contribution in [0.1, 0.15) is 69.0 Å². The highest BCUT2D eigenvalue weighted by molar-refractivity contribution is 7.91. The largest absolute Gasteiger partial charge is 0.476 e. The van der Waals surface area contributed by atoms with Crippen molar-refractivity contribution in [1.82, 2.24) is 20.1 Å². The number of aromatic nitrogens is 3. The first-order chi connectivity index (χ1) is 18.4. The van der Waals surface area contributed by atoms with E-state index in [0.29, 0.717) is 13.1 Å². The molecule has 1 spiro atoms. The molecule has 0 radical (unpaired) electrons. The Morgan fingerprint density at radius 1 is 1.26 bits per heavy atom. The lowest BCUT2D eigenvalue weighted by molar-refractivity contribution is 0.0502. The predicted molar refractivity (Wildman–Crippen MR) is 143 cm³/mol. The minimum absolute atomic E-state index is 0.0679. The summed E-state index contributed by atoms with van der Waals surface area (Å²) in [4.78, 5) is 30.1. The number of urea groups is 1. The maximum atomic E-state index is 13.5. The Bertz CT molecular complexity index is 1480. The number of nitrogens with one attached hydrogen (secondary N) is 2. The van der Waals surface area contributed by atoms with Gasteiger partial charge < -0.3 is 20.1 Å². The van der Waals surface area contributed by atoms with Gasteiger partial charge >= 0.3 is 12.1 Å². The minimum Gasteiger partial charge on any atom is -0.476 e. The summed E-state index contributed by atoms with van der Waals surface area (Å²) in [7, 11) is -3.63. The van der Waals surface area contributed by atoms with E-state index in [1.165, 1.54) is 10.9 Å². The van der Waals surface area contributed by atoms with Gasteiger partial charge in [-0.1, -0.05) is 0 Å². The summed E-state index contributed by atoms with van der Waals surface area (Å²) in [6.07, 6.45) is 7.79. The van der Waals surface area contributed by atoms with E-state index in [1.54, 1.807) is 20.8 Å². The number of alkyl carbamates (subject to hydrolysis) is 1. The van der Waals surface area contributed by atoms with Crippen LogP contribution < -0.4 is 20.5 Å². The minimum atomic E-state index is -3.63. The van der Waals surface area contributed by atoms with Crippen molar-refractivity contribution in [3.05, 3.63) is 28.7 Å². The van der Waals surface area contributed by atoms with Gasteiger partial charge in [0.2, 0.25) is 5.88 Å². The number of carbonyl (C=O) groups excluding carboxylic acids is 2. The summed E-state index contributed by atoms with van der Waals surface area (Å²) in [5.41, 5.74) is 4.72. The number of fused-ring (bicyclic) bond motifs is 4. The quantitative estimate of drug-likeness (QED) is 0.520. The SMILES string of the molecule is CC(C)(C)OC(=O)NCC1COc2c(S(N)(=O)=NC(=O)Nc3c4c(nc5c3CCC53CC3)CCC4)cnn2C1. The number of carbonyl (C=O) groups is 2. The number of aryl methyl sites for hydroxylation is 1. The average molecular weight is 558 g/mol. The molecule has 210 valence electrons. The average Bonchev–Trinajstić information content (AvgIpc) is 3.17. The maximum Gasteiger partial charge on any atom is 0.407 e. The lowest BCUT2D eigenvalue weighted by Gasteiger charge is -2.26. The van der Waals surface area contributed by atoms with Gasteiger partial charge in [0.25, 0.3) is 0 Å². The molecule has 3 aliphatic carbocycles. The zero-order chi connectivity index (χ0) is 27.6. The van der Waals surface area contributed by atoms with Gasteiger partial charge in [-0.15, -0.1) is 4.36 Å². The molecule has 13 heteroatoms. The molecule has 12 nitrogen and oxygen atoms in total. The van der Waals surface area contributed by atoms with Gasteiger partial charge in [0.1, 0.15) is 10.5 Å². The lowest BCUT2D eigenvalue weighted by Crippen LogP contribution is -2.39. The molecule has 2 atom stereocenters. The number of pyridine rings is 1. The summed E-state index contributed by atoms with van der Waals surface area (Å²) >= 11 is 0. The fourth-order valence-corrected chi connectivity index (χ4v) is 6.87. The number of rotatable bonds is 4. The molecular weight excluding hydrogens is 522 g/mol. The van der Waals surface area contributed by atoms with Gasteiger partial charge in [0.15, 0.2) is 9.92 Å². The fourth-order valence-electron chi connectivity index (χ4n) is 5.87. The second kappa shape index (κ2) is 9.19. The van der Waals surface area contributed by atoms with E-state index < -0.39 is 27.6 Å². The fraction of sp³-hybridized carbons (Fsp3) is 0.615. The van der Waals surface area contributed by atoms with Gasteiger partial charge in [-0.05, 0) is 76.8 Å². The van der Waals surface area contributed by atoms with E-state index in [2.05, 4.69) is 20.1 Å². The van der Waals surface area contributed by atoms with Gasteiger partial charge in [0, 0.05) is 23.6 Å². The van der Waals surface area contributed by atoms with E-state index >= 15 is 0 Å². The van der Waals surface area contributed by atoms with Crippen molar-refractivity contribution >= 4 is 27.7 Å². The summed E-state index contributed by atoms with van der Waals surface area (Å²) in [6.45, 7) is 6.35. The van der Waals surface area contributed by atoms with E-state index in [-0.39, 0.29) is 28.7 Å². The predicted octanol–water partition coefficient (Wildman–Crippen LogP) is 3.21. The van der Waals surface area contributed by atoms with E-state index in [4.69, 9.17) is 19.6 Å². The van der Waals surface area contributed by atoms with Crippen LogP contribution in [0.3, 0.4) is 0 Å². The summed E-state index contributed by atoms with van der Waals surface area (Å²) in [6, 6.07) is -0.753. The van der Waals surface area contributed by atoms with Gasteiger partial charge in [-0.2, -0.15) is 5.10 Å². The van der Waals surface area contributed by atoms with E-state index in [1.807, 2.05) is 0 Å². The molecule has 2 unspecified atom stereocenters. The summed E-state index contributed by atoms with van der Waals surface area (Å²) in [5.74, 6) is 0.131. The monoisotopic (exact) mass is 557 g/mol. The molecule has 3 heterocycles. The molecule has 39 heavy (non-hydrogen) atoms. The van der Waals surface area contributed by atoms with E-state index in [0.717, 1.165) is 73.1 Å². The van der Waals surface area contributed by atoms with Gasteiger partial charge in [0.05, 0.1) is 30.7 Å². The highest BCUT2D eigenvalue weighted by Crippen LogP contribution is 2.58. The summed E-state index contributed by atoms with van der Waals surface area (Å²) < 4.78 is 30.0.